The molecule has 0 aromatic heterocycles. The Balaban J connectivity index is 4.44. The summed E-state index contributed by atoms with van der Waals surface area (Å²) < 4.78 is 0. The third kappa shape index (κ3) is 6.83. The predicted molar refractivity (Wildman–Crippen MR) is 67.7 cm³/mol. The van der Waals surface area contributed by atoms with Crippen molar-refractivity contribution >= 4 is 5.97 Å². The van der Waals surface area contributed by atoms with Crippen molar-refractivity contribution in [2.45, 2.75) is 59.4 Å². The largest absolute Gasteiger partial charge is 0.480 e. The van der Waals surface area contributed by atoms with E-state index in [0.717, 1.165) is 32.2 Å². The quantitative estimate of drug-likeness (QED) is 0.660. The van der Waals surface area contributed by atoms with E-state index >= 15 is 0 Å². The van der Waals surface area contributed by atoms with Crippen LogP contribution in [0.1, 0.15) is 53.4 Å². The number of rotatable bonds is 9. The Labute approximate surface area is 99.8 Å². The molecule has 0 aliphatic rings. The molecule has 96 valence electrons. The Hall–Kier alpha value is -0.570. The summed E-state index contributed by atoms with van der Waals surface area (Å²) in [6.45, 7) is 9.68. The van der Waals surface area contributed by atoms with Gasteiger partial charge in [0.15, 0.2) is 0 Å². The fourth-order valence-corrected chi connectivity index (χ4v) is 2.16. The van der Waals surface area contributed by atoms with Gasteiger partial charge in [0.25, 0.3) is 0 Å². The topological polar surface area (TPSA) is 40.5 Å². The highest BCUT2D eigenvalue weighted by molar-refractivity contribution is 5.69. The molecule has 0 heterocycles. The highest BCUT2D eigenvalue weighted by Crippen LogP contribution is 2.15. The van der Waals surface area contributed by atoms with Gasteiger partial charge in [0, 0.05) is 12.6 Å². The number of nitrogens with zero attached hydrogens (tertiary/aromatic N) is 1. The van der Waals surface area contributed by atoms with E-state index < -0.39 is 5.97 Å². The Morgan fingerprint density at radius 2 is 1.69 bits per heavy atom. The van der Waals surface area contributed by atoms with Crippen LogP contribution in [0.4, 0.5) is 0 Å². The lowest BCUT2D eigenvalue weighted by Crippen LogP contribution is -2.41. The SMILES string of the molecule is CCCC(CCC)N(CC(=O)O)CC(C)C. The van der Waals surface area contributed by atoms with Crippen LogP contribution >= 0.6 is 0 Å². The molecule has 3 heteroatoms. The lowest BCUT2D eigenvalue weighted by Gasteiger charge is -2.31. The van der Waals surface area contributed by atoms with Crippen LogP contribution in [0.2, 0.25) is 0 Å². The van der Waals surface area contributed by atoms with E-state index in [1.54, 1.807) is 0 Å². The summed E-state index contributed by atoms with van der Waals surface area (Å²) in [5.41, 5.74) is 0. The minimum Gasteiger partial charge on any atom is -0.480 e. The zero-order chi connectivity index (χ0) is 12.6. The second-order valence-corrected chi connectivity index (χ2v) is 4.95. The lowest BCUT2D eigenvalue weighted by molar-refractivity contribution is -0.139. The highest BCUT2D eigenvalue weighted by Gasteiger charge is 2.20. The van der Waals surface area contributed by atoms with Crippen molar-refractivity contribution in [2.24, 2.45) is 5.92 Å². The smallest absolute Gasteiger partial charge is 0.317 e. The molecule has 0 aromatic carbocycles. The molecule has 0 rings (SSSR count). The minimum absolute atomic E-state index is 0.183. The molecule has 0 radical (unpaired) electrons. The van der Waals surface area contributed by atoms with Crippen molar-refractivity contribution in [3.05, 3.63) is 0 Å². The molecular formula is C13H27NO2. The molecule has 0 spiro atoms. The lowest BCUT2D eigenvalue weighted by atomic mass is 10.0. The Kier molecular flexibility index (Phi) is 8.26. The average Bonchev–Trinajstić information content (AvgIpc) is 2.15. The molecule has 1 N–H and O–H groups in total. The number of carboxylic acids is 1. The van der Waals surface area contributed by atoms with Crippen LogP contribution in [0.3, 0.4) is 0 Å². The first-order valence-electron chi connectivity index (χ1n) is 6.47. The molecule has 0 saturated heterocycles. The van der Waals surface area contributed by atoms with E-state index in [0.29, 0.717) is 12.0 Å². The van der Waals surface area contributed by atoms with Gasteiger partial charge in [-0.05, 0) is 18.8 Å². The Bertz CT molecular complexity index is 186. The van der Waals surface area contributed by atoms with E-state index in [9.17, 15) is 4.79 Å². The Morgan fingerprint density at radius 3 is 2.00 bits per heavy atom. The van der Waals surface area contributed by atoms with Crippen molar-refractivity contribution in [1.29, 1.82) is 0 Å². The van der Waals surface area contributed by atoms with E-state index in [4.69, 9.17) is 5.11 Å². The van der Waals surface area contributed by atoms with Crippen molar-refractivity contribution in [1.82, 2.24) is 4.90 Å². The first kappa shape index (κ1) is 15.4. The van der Waals surface area contributed by atoms with Gasteiger partial charge in [-0.3, -0.25) is 9.69 Å². The number of carbonyl (C=O) groups is 1. The minimum atomic E-state index is -0.710. The summed E-state index contributed by atoms with van der Waals surface area (Å²) in [5, 5.41) is 8.94. The van der Waals surface area contributed by atoms with E-state index in [2.05, 4.69) is 32.6 Å². The van der Waals surface area contributed by atoms with E-state index in [1.165, 1.54) is 0 Å². The molecule has 0 aromatic rings. The summed E-state index contributed by atoms with van der Waals surface area (Å²) in [6.07, 6.45) is 4.46. The maximum absolute atomic E-state index is 10.9. The van der Waals surface area contributed by atoms with Crippen LogP contribution in [0, 0.1) is 5.92 Å². The molecule has 0 amide bonds. The molecule has 3 nitrogen and oxygen atoms in total. The second-order valence-electron chi connectivity index (χ2n) is 4.95. The fourth-order valence-electron chi connectivity index (χ4n) is 2.16. The van der Waals surface area contributed by atoms with Gasteiger partial charge in [-0.1, -0.05) is 40.5 Å². The first-order valence-corrected chi connectivity index (χ1v) is 6.47. The standard InChI is InChI=1S/C13H27NO2/c1-5-7-12(8-6-2)14(9-11(3)4)10-13(15)16/h11-12H,5-10H2,1-4H3,(H,15,16). The molecule has 0 saturated carbocycles. The molecule has 0 fully saturated rings. The van der Waals surface area contributed by atoms with Crippen LogP contribution in [0.25, 0.3) is 0 Å². The monoisotopic (exact) mass is 229 g/mol. The summed E-state index contributed by atoms with van der Waals surface area (Å²) in [7, 11) is 0. The number of hydrogen-bond acceptors (Lipinski definition) is 2. The van der Waals surface area contributed by atoms with Gasteiger partial charge in [0.1, 0.15) is 0 Å². The Morgan fingerprint density at radius 1 is 1.19 bits per heavy atom. The van der Waals surface area contributed by atoms with Gasteiger partial charge in [-0.15, -0.1) is 0 Å². The third-order valence-corrected chi connectivity index (χ3v) is 2.70. The van der Waals surface area contributed by atoms with Crippen LogP contribution in [-0.4, -0.2) is 35.1 Å². The highest BCUT2D eigenvalue weighted by atomic mass is 16.4. The van der Waals surface area contributed by atoms with Crippen molar-refractivity contribution < 1.29 is 9.90 Å². The van der Waals surface area contributed by atoms with Gasteiger partial charge >= 0.3 is 5.97 Å². The summed E-state index contributed by atoms with van der Waals surface area (Å²) >= 11 is 0. The van der Waals surface area contributed by atoms with Gasteiger partial charge < -0.3 is 5.11 Å². The zero-order valence-electron chi connectivity index (χ0n) is 11.2. The normalized spacial score (nSPS) is 11.7. The maximum Gasteiger partial charge on any atom is 0.317 e. The van der Waals surface area contributed by atoms with Crippen LogP contribution in [0.5, 0.6) is 0 Å². The molecule has 0 bridgehead atoms. The average molecular weight is 229 g/mol. The second kappa shape index (κ2) is 8.57. The van der Waals surface area contributed by atoms with Gasteiger partial charge in [-0.25, -0.2) is 0 Å². The van der Waals surface area contributed by atoms with E-state index in [1.807, 2.05) is 0 Å². The van der Waals surface area contributed by atoms with Crippen molar-refractivity contribution in [2.75, 3.05) is 13.1 Å². The maximum atomic E-state index is 10.9. The summed E-state index contributed by atoms with van der Waals surface area (Å²) in [5.74, 6) is -0.187. The first-order chi connectivity index (χ1) is 7.51. The van der Waals surface area contributed by atoms with Gasteiger partial charge in [0.05, 0.1) is 6.54 Å². The van der Waals surface area contributed by atoms with Crippen LogP contribution < -0.4 is 0 Å². The van der Waals surface area contributed by atoms with Gasteiger partial charge in [0.2, 0.25) is 0 Å². The summed E-state index contributed by atoms with van der Waals surface area (Å²) in [6, 6.07) is 0.438. The van der Waals surface area contributed by atoms with Crippen LogP contribution in [-0.2, 0) is 4.79 Å². The molecule has 0 atom stereocenters. The number of aliphatic carboxylic acids is 1. The van der Waals surface area contributed by atoms with Crippen molar-refractivity contribution in [3.8, 4) is 0 Å². The fraction of sp³-hybridized carbons (Fsp3) is 0.923. The molecule has 0 unspecified atom stereocenters. The predicted octanol–water partition coefficient (Wildman–Crippen LogP) is 3.00. The zero-order valence-corrected chi connectivity index (χ0v) is 11.2. The van der Waals surface area contributed by atoms with E-state index in [-0.39, 0.29) is 6.54 Å². The number of hydrogen-bond donors (Lipinski definition) is 1. The van der Waals surface area contributed by atoms with Crippen molar-refractivity contribution in [3.63, 3.8) is 0 Å². The molecular weight excluding hydrogens is 202 g/mol. The summed E-state index contributed by atoms with van der Waals surface area (Å²) in [4.78, 5) is 13.0. The molecule has 16 heavy (non-hydrogen) atoms. The molecule has 0 aliphatic heterocycles. The van der Waals surface area contributed by atoms with Gasteiger partial charge in [-0.2, -0.15) is 0 Å². The van der Waals surface area contributed by atoms with Crippen LogP contribution in [0.15, 0.2) is 0 Å². The number of carboxylic acid groups (broad SMARTS) is 1. The third-order valence-electron chi connectivity index (χ3n) is 2.70. The molecule has 0 aliphatic carbocycles.